The number of aromatic nitrogens is 5. The molecule has 2 amide bonds. The molecule has 10 nitrogen and oxygen atoms in total. The molecular weight excluding hydrogens is 521 g/mol. The Kier molecular flexibility index (Phi) is 6.59. The fraction of sp³-hybridized carbons (Fsp3) is 0.375. The van der Waals surface area contributed by atoms with Crippen LogP contribution in [0.3, 0.4) is 0 Å². The van der Waals surface area contributed by atoms with Gasteiger partial charge in [-0.15, -0.1) is 0 Å². The molecule has 2 atom stereocenters. The highest BCUT2D eigenvalue weighted by atomic mass is 32.1. The van der Waals surface area contributed by atoms with E-state index in [0.29, 0.717) is 33.5 Å². The van der Waals surface area contributed by atoms with Gasteiger partial charge in [0.2, 0.25) is 5.91 Å². The predicted octanol–water partition coefficient (Wildman–Crippen LogP) is 4.94. The van der Waals surface area contributed by atoms with E-state index in [2.05, 4.69) is 30.9 Å². The van der Waals surface area contributed by atoms with Gasteiger partial charge in [0, 0.05) is 23.7 Å². The van der Waals surface area contributed by atoms with E-state index in [9.17, 15) is 22.8 Å². The molecule has 3 N–H and O–H groups in total. The lowest BCUT2D eigenvalue weighted by Crippen LogP contribution is -2.46. The average Bonchev–Trinajstić information content (AvgIpc) is 3.67. The van der Waals surface area contributed by atoms with Crippen molar-refractivity contribution in [3.05, 3.63) is 46.7 Å². The molecule has 1 aromatic carbocycles. The number of aryl methyl sites for hydroxylation is 2. The first kappa shape index (κ1) is 25.7. The van der Waals surface area contributed by atoms with Crippen molar-refractivity contribution >= 4 is 50.7 Å². The van der Waals surface area contributed by atoms with Crippen LogP contribution in [0.1, 0.15) is 46.6 Å². The maximum Gasteiger partial charge on any atom is 0.408 e. The molecule has 38 heavy (non-hydrogen) atoms. The summed E-state index contributed by atoms with van der Waals surface area (Å²) in [5.74, 6) is -0.576. The molecule has 0 aliphatic carbocycles. The van der Waals surface area contributed by atoms with Crippen molar-refractivity contribution in [3.63, 3.8) is 0 Å². The first-order valence-electron chi connectivity index (χ1n) is 11.9. The molecule has 1 unspecified atom stereocenters. The summed E-state index contributed by atoms with van der Waals surface area (Å²) in [5, 5.41) is 18.4. The van der Waals surface area contributed by atoms with Gasteiger partial charge in [-0.1, -0.05) is 17.4 Å². The first-order valence-corrected chi connectivity index (χ1v) is 12.7. The molecular formula is C24H25F3N8O2S. The summed E-state index contributed by atoms with van der Waals surface area (Å²) >= 11 is 1.12. The second-order valence-electron chi connectivity index (χ2n) is 9.25. The van der Waals surface area contributed by atoms with E-state index in [4.69, 9.17) is 0 Å². The number of anilines is 3. The summed E-state index contributed by atoms with van der Waals surface area (Å²) in [6, 6.07) is 1.08. The van der Waals surface area contributed by atoms with Crippen molar-refractivity contribution in [2.45, 2.75) is 51.9 Å². The Labute approximate surface area is 219 Å². The maximum atomic E-state index is 13.3. The van der Waals surface area contributed by atoms with Crippen molar-refractivity contribution in [2.24, 2.45) is 0 Å². The predicted molar refractivity (Wildman–Crippen MR) is 137 cm³/mol. The summed E-state index contributed by atoms with van der Waals surface area (Å²) in [5.41, 5.74) is 3.01. The fourth-order valence-corrected chi connectivity index (χ4v) is 5.24. The summed E-state index contributed by atoms with van der Waals surface area (Å²) in [6.07, 6.45) is 0.441. The van der Waals surface area contributed by atoms with E-state index in [1.165, 1.54) is 17.8 Å². The van der Waals surface area contributed by atoms with Gasteiger partial charge in [-0.3, -0.25) is 19.4 Å². The Morgan fingerprint density at radius 2 is 2.00 bits per heavy atom. The number of likely N-dealkylation sites (tertiary alicyclic amines) is 1. The van der Waals surface area contributed by atoms with Crippen molar-refractivity contribution in [3.8, 4) is 0 Å². The number of alkyl halides is 3. The van der Waals surface area contributed by atoms with E-state index in [-0.39, 0.29) is 18.9 Å². The smallest absolute Gasteiger partial charge is 0.329 e. The topological polar surface area (TPSA) is 121 Å². The van der Waals surface area contributed by atoms with Gasteiger partial charge in [0.05, 0.1) is 23.6 Å². The number of hydrogen-bond donors (Lipinski definition) is 3. The Morgan fingerprint density at radius 1 is 1.21 bits per heavy atom. The number of thiazole rings is 1. The number of amides is 2. The van der Waals surface area contributed by atoms with Crippen LogP contribution < -0.4 is 10.6 Å². The summed E-state index contributed by atoms with van der Waals surface area (Å²) < 4.78 is 41.4. The Hall–Kier alpha value is -3.94. The molecule has 1 saturated heterocycles. The third-order valence-corrected chi connectivity index (χ3v) is 7.52. The van der Waals surface area contributed by atoms with Crippen molar-refractivity contribution < 1.29 is 22.8 Å². The quantitative estimate of drug-likeness (QED) is 0.315. The van der Waals surface area contributed by atoms with E-state index >= 15 is 0 Å². The number of carbonyl (C=O) groups excluding carboxylic acids is 2. The molecule has 1 aliphatic heterocycles. The number of nitrogens with one attached hydrogen (secondary N) is 3. The highest BCUT2D eigenvalue weighted by Crippen LogP contribution is 2.34. The van der Waals surface area contributed by atoms with Crippen molar-refractivity contribution in [1.82, 2.24) is 29.9 Å². The molecule has 200 valence electrons. The number of halogens is 3. The largest absolute Gasteiger partial charge is 0.408 e. The van der Waals surface area contributed by atoms with Crippen LogP contribution in [0.2, 0.25) is 0 Å². The SMILES string of the molecule is Cc1cn(C(C)C(=O)N2CCC[C@@H]2C(F)(F)F)nc1Nc1ncc(C(=O)Nc2c(C)ccc3[nH]ncc23)s1. The molecule has 4 heterocycles. The van der Waals surface area contributed by atoms with E-state index < -0.39 is 24.2 Å². The Morgan fingerprint density at radius 3 is 2.76 bits per heavy atom. The minimum absolute atomic E-state index is 0.0668. The monoisotopic (exact) mass is 546 g/mol. The molecule has 0 bridgehead atoms. The van der Waals surface area contributed by atoms with E-state index in [0.717, 1.165) is 32.7 Å². The highest BCUT2D eigenvalue weighted by Gasteiger charge is 2.48. The number of aromatic amines is 1. The van der Waals surface area contributed by atoms with Gasteiger partial charge in [-0.05, 0) is 45.2 Å². The number of hydrogen-bond acceptors (Lipinski definition) is 7. The number of H-pyrrole nitrogens is 1. The molecule has 0 radical (unpaired) electrons. The fourth-order valence-electron chi connectivity index (χ4n) is 4.53. The molecule has 0 saturated carbocycles. The lowest BCUT2D eigenvalue weighted by molar-refractivity contribution is -0.184. The van der Waals surface area contributed by atoms with Gasteiger partial charge >= 0.3 is 6.18 Å². The Balaban J connectivity index is 1.28. The number of fused-ring (bicyclic) bond motifs is 1. The molecule has 3 aromatic heterocycles. The van der Waals surface area contributed by atoms with Crippen LogP contribution in [0.25, 0.3) is 10.9 Å². The third-order valence-electron chi connectivity index (χ3n) is 6.61. The van der Waals surface area contributed by atoms with Crippen molar-refractivity contribution in [2.75, 3.05) is 17.2 Å². The van der Waals surface area contributed by atoms with Gasteiger partial charge in [0.25, 0.3) is 5.91 Å². The minimum atomic E-state index is -4.46. The lowest BCUT2D eigenvalue weighted by Gasteiger charge is -2.28. The van der Waals surface area contributed by atoms with E-state index in [1.54, 1.807) is 19.3 Å². The second kappa shape index (κ2) is 9.74. The molecule has 0 spiro atoms. The van der Waals surface area contributed by atoms with Gasteiger partial charge in [0.1, 0.15) is 17.0 Å². The van der Waals surface area contributed by atoms with Crippen LogP contribution in [0, 0.1) is 13.8 Å². The number of benzene rings is 1. The van der Waals surface area contributed by atoms with Gasteiger partial charge in [-0.25, -0.2) is 4.98 Å². The number of nitrogens with zero attached hydrogens (tertiary/aromatic N) is 5. The summed E-state index contributed by atoms with van der Waals surface area (Å²) in [7, 11) is 0. The minimum Gasteiger partial charge on any atom is -0.329 e. The molecule has 5 rings (SSSR count). The normalized spacial score (nSPS) is 16.7. The molecule has 1 fully saturated rings. The zero-order valence-electron chi connectivity index (χ0n) is 20.8. The van der Waals surface area contributed by atoms with E-state index in [1.807, 2.05) is 19.1 Å². The summed E-state index contributed by atoms with van der Waals surface area (Å²) in [6.45, 7) is 5.24. The van der Waals surface area contributed by atoms with Crippen LogP contribution in [0.15, 0.2) is 30.7 Å². The zero-order chi connectivity index (χ0) is 27.2. The summed E-state index contributed by atoms with van der Waals surface area (Å²) in [4.78, 5) is 31.3. The van der Waals surface area contributed by atoms with Crippen molar-refractivity contribution in [1.29, 1.82) is 0 Å². The van der Waals surface area contributed by atoms with Crippen LogP contribution >= 0.6 is 11.3 Å². The maximum absolute atomic E-state index is 13.3. The van der Waals surface area contributed by atoms with Crippen LogP contribution in [-0.4, -0.2) is 60.4 Å². The van der Waals surface area contributed by atoms with Crippen LogP contribution in [0.5, 0.6) is 0 Å². The second-order valence-corrected chi connectivity index (χ2v) is 10.3. The Bertz CT molecular complexity index is 1510. The number of rotatable bonds is 6. The highest BCUT2D eigenvalue weighted by molar-refractivity contribution is 7.17. The average molecular weight is 547 g/mol. The third kappa shape index (κ3) is 4.83. The number of carbonyl (C=O) groups is 2. The van der Waals surface area contributed by atoms with Gasteiger partial charge < -0.3 is 15.5 Å². The van der Waals surface area contributed by atoms with Crippen LogP contribution in [0.4, 0.5) is 29.8 Å². The molecule has 1 aliphatic rings. The first-order chi connectivity index (χ1) is 18.0. The van der Waals surface area contributed by atoms with Crippen LogP contribution in [-0.2, 0) is 4.79 Å². The lowest BCUT2D eigenvalue weighted by atomic mass is 10.1. The zero-order valence-corrected chi connectivity index (χ0v) is 21.6. The van der Waals surface area contributed by atoms with Gasteiger partial charge in [0.15, 0.2) is 10.9 Å². The standard InChI is InChI=1S/C24H25F3N8O2S/c1-12-6-7-16-15(9-29-32-16)19(12)30-21(36)17-10-28-23(38-17)31-20-13(2)11-35(33-20)14(3)22(37)34-8-4-5-18(34)24(25,26)27/h6-7,9-11,14,18H,4-5,8H2,1-3H3,(H,29,32)(H,30,36)(H,28,31,33)/t14?,18-/m1/s1. The molecule has 14 heteroatoms. The molecule has 4 aromatic rings. The van der Waals surface area contributed by atoms with Gasteiger partial charge in [-0.2, -0.15) is 23.4 Å².